The number of hydrogen-bond acceptors (Lipinski definition) is 4. The molecule has 1 aromatic carbocycles. The molecule has 78 valence electrons. The summed E-state index contributed by atoms with van der Waals surface area (Å²) in [7, 11) is 0. The third-order valence-electron chi connectivity index (χ3n) is 1.51. The van der Waals surface area contributed by atoms with Gasteiger partial charge in [-0.15, -0.1) is 0 Å². The molecule has 5 nitrogen and oxygen atoms in total. The fraction of sp³-hybridized carbons (Fsp3) is 0. The molecule has 0 atom stereocenters. The van der Waals surface area contributed by atoms with E-state index in [0.29, 0.717) is 11.8 Å². The average Bonchev–Trinajstić information content (AvgIpc) is 2.19. The summed E-state index contributed by atoms with van der Waals surface area (Å²) in [5, 5.41) is 21.3. The zero-order valence-electron chi connectivity index (χ0n) is 8.64. The van der Waals surface area contributed by atoms with Gasteiger partial charge >= 0.3 is 51.4 Å². The number of benzene rings is 1. The number of carboxylic acid groups (broad SMARTS) is 1. The van der Waals surface area contributed by atoms with E-state index in [9.17, 15) is 14.7 Å². The summed E-state index contributed by atoms with van der Waals surface area (Å²) in [4.78, 5) is 21.0. The van der Waals surface area contributed by atoms with Crippen LogP contribution in [-0.2, 0) is 9.59 Å². The minimum Gasteiger partial charge on any atom is -0.545 e. The Kier molecular flexibility index (Phi) is 7.27. The summed E-state index contributed by atoms with van der Waals surface area (Å²) < 4.78 is 0. The van der Waals surface area contributed by atoms with Crippen molar-refractivity contribution in [2.75, 3.05) is 5.32 Å². The molecular weight excluding hydrogens is 237 g/mol. The Morgan fingerprint density at radius 3 is 2.25 bits per heavy atom. The van der Waals surface area contributed by atoms with Crippen molar-refractivity contribution in [1.29, 1.82) is 0 Å². The molecule has 0 unspecified atom stereocenters. The second-order valence-corrected chi connectivity index (χ2v) is 2.69. The molecule has 1 rings (SSSR count). The Bertz CT molecular complexity index is 400. The Balaban J connectivity index is 0.00000225. The van der Waals surface area contributed by atoms with Crippen LogP contribution in [0.5, 0.6) is 5.75 Å². The van der Waals surface area contributed by atoms with E-state index < -0.39 is 11.9 Å². The van der Waals surface area contributed by atoms with Gasteiger partial charge in [0, 0.05) is 11.8 Å². The zero-order chi connectivity index (χ0) is 11.3. The maximum Gasteiger partial charge on any atom is 1.00 e. The van der Waals surface area contributed by atoms with Crippen LogP contribution < -0.4 is 61.8 Å². The van der Waals surface area contributed by atoms with Crippen molar-refractivity contribution in [3.63, 3.8) is 0 Å². The van der Waals surface area contributed by atoms with Gasteiger partial charge in [0.25, 0.3) is 0 Å². The zero-order valence-corrected chi connectivity index (χ0v) is 11.8. The summed E-state index contributed by atoms with van der Waals surface area (Å²) in [6, 6.07) is 5.77. The van der Waals surface area contributed by atoms with Crippen molar-refractivity contribution < 1.29 is 71.2 Å². The summed E-state index contributed by atoms with van der Waals surface area (Å²) in [6.07, 6.45) is 1.48. The number of anilines is 1. The Morgan fingerprint density at radius 1 is 1.19 bits per heavy atom. The van der Waals surface area contributed by atoms with E-state index in [0.717, 1.165) is 6.08 Å². The Labute approximate surface area is 135 Å². The minimum atomic E-state index is -1.43. The number of aromatic hydroxyl groups is 1. The van der Waals surface area contributed by atoms with Crippen LogP contribution in [0.4, 0.5) is 5.69 Å². The van der Waals surface area contributed by atoms with Gasteiger partial charge in [-0.25, -0.2) is 0 Å². The van der Waals surface area contributed by atoms with Crippen LogP contribution in [0, 0.1) is 0 Å². The fourth-order valence-corrected chi connectivity index (χ4v) is 0.872. The third-order valence-corrected chi connectivity index (χ3v) is 1.51. The van der Waals surface area contributed by atoms with Crippen LogP contribution in [0.3, 0.4) is 0 Å². The van der Waals surface area contributed by atoms with Crippen molar-refractivity contribution in [2.24, 2.45) is 0 Å². The van der Waals surface area contributed by atoms with Crippen LogP contribution in [0.15, 0.2) is 36.4 Å². The first-order valence-electron chi connectivity index (χ1n) is 4.07. The molecule has 0 fully saturated rings. The molecule has 2 N–H and O–H groups in total. The minimum absolute atomic E-state index is 0. The smallest absolute Gasteiger partial charge is 0.545 e. The van der Waals surface area contributed by atoms with E-state index in [2.05, 4.69) is 5.32 Å². The van der Waals surface area contributed by atoms with Gasteiger partial charge in [0.15, 0.2) is 0 Å². The number of rotatable bonds is 3. The topological polar surface area (TPSA) is 89.5 Å². The van der Waals surface area contributed by atoms with E-state index in [-0.39, 0.29) is 57.1 Å². The van der Waals surface area contributed by atoms with Crippen LogP contribution >= 0.6 is 0 Å². The van der Waals surface area contributed by atoms with E-state index in [1.807, 2.05) is 0 Å². The molecule has 0 saturated heterocycles. The average molecular weight is 245 g/mol. The fourth-order valence-electron chi connectivity index (χ4n) is 0.872. The van der Waals surface area contributed by atoms with E-state index in [1.54, 1.807) is 0 Å². The van der Waals surface area contributed by atoms with E-state index in [1.165, 1.54) is 24.3 Å². The molecule has 16 heavy (non-hydrogen) atoms. The van der Waals surface area contributed by atoms with Gasteiger partial charge in [-0.05, 0) is 30.3 Å². The Hall–Kier alpha value is -0.664. The summed E-state index contributed by atoms with van der Waals surface area (Å²) in [5.74, 6) is -1.93. The normalized spacial score (nSPS) is 9.50. The van der Waals surface area contributed by atoms with Crippen molar-refractivity contribution in [3.8, 4) is 5.75 Å². The van der Waals surface area contributed by atoms with Crippen LogP contribution in [-0.4, -0.2) is 17.0 Å². The molecule has 0 saturated carbocycles. The largest absolute Gasteiger partial charge is 1.00 e. The number of aliphatic carboxylic acids is 1. The van der Waals surface area contributed by atoms with Crippen molar-refractivity contribution in [2.45, 2.75) is 0 Å². The molecule has 6 heteroatoms. The van der Waals surface area contributed by atoms with Crippen molar-refractivity contribution in [1.82, 2.24) is 0 Å². The number of hydrogen-bond donors (Lipinski definition) is 2. The summed E-state index contributed by atoms with van der Waals surface area (Å²) in [5.41, 5.74) is 0.459. The predicted molar refractivity (Wildman–Crippen MR) is 50.9 cm³/mol. The summed E-state index contributed by atoms with van der Waals surface area (Å²) in [6.45, 7) is 0. The number of nitrogens with one attached hydrogen (secondary N) is 1. The van der Waals surface area contributed by atoms with Gasteiger partial charge in [0.1, 0.15) is 5.75 Å². The Morgan fingerprint density at radius 2 is 1.75 bits per heavy atom. The third kappa shape index (κ3) is 6.04. The molecule has 0 spiro atoms. The molecule has 0 radical (unpaired) electrons. The molecule has 1 amide bonds. The van der Waals surface area contributed by atoms with Gasteiger partial charge in [0.2, 0.25) is 5.91 Å². The number of phenolic OH excluding ortho intramolecular Hbond substituents is 1. The molecule has 0 bridgehead atoms. The SMILES string of the molecule is O=C([O-])/C=C\C(=O)Nc1ccc(O)cc1.[K+]. The predicted octanol–water partition coefficient (Wildman–Crippen LogP) is -3.36. The van der Waals surface area contributed by atoms with E-state index >= 15 is 0 Å². The second kappa shape index (κ2) is 7.58. The molecular formula is C10H8KNO4. The molecule has 0 aliphatic heterocycles. The van der Waals surface area contributed by atoms with Crippen molar-refractivity contribution >= 4 is 17.6 Å². The number of amides is 1. The van der Waals surface area contributed by atoms with Gasteiger partial charge in [-0.1, -0.05) is 0 Å². The molecule has 0 aliphatic carbocycles. The molecule has 0 heterocycles. The van der Waals surface area contributed by atoms with Crippen LogP contribution in [0.25, 0.3) is 0 Å². The molecule has 1 aromatic rings. The van der Waals surface area contributed by atoms with Gasteiger partial charge in [-0.3, -0.25) is 4.79 Å². The number of carbonyl (C=O) groups is 2. The van der Waals surface area contributed by atoms with Crippen LogP contribution in [0.1, 0.15) is 0 Å². The maximum atomic E-state index is 11.1. The number of carbonyl (C=O) groups excluding carboxylic acids is 2. The standard InChI is InChI=1S/C10H9NO4.K/c12-8-3-1-7(2-4-8)11-9(13)5-6-10(14)15;/h1-6,12H,(H,11,13)(H,14,15);/q;+1/p-1/b6-5-;. The van der Waals surface area contributed by atoms with Gasteiger partial charge in [0.05, 0.1) is 5.97 Å². The molecule has 0 aromatic heterocycles. The monoisotopic (exact) mass is 245 g/mol. The van der Waals surface area contributed by atoms with Crippen LogP contribution in [0.2, 0.25) is 0 Å². The first-order chi connectivity index (χ1) is 7.08. The summed E-state index contributed by atoms with van der Waals surface area (Å²) >= 11 is 0. The first-order valence-corrected chi connectivity index (χ1v) is 4.07. The van der Waals surface area contributed by atoms with Gasteiger partial charge < -0.3 is 20.3 Å². The maximum absolute atomic E-state index is 11.1. The van der Waals surface area contributed by atoms with E-state index in [4.69, 9.17) is 5.11 Å². The number of phenols is 1. The number of carboxylic acids is 1. The first kappa shape index (κ1) is 15.3. The van der Waals surface area contributed by atoms with Gasteiger partial charge in [-0.2, -0.15) is 0 Å². The second-order valence-electron chi connectivity index (χ2n) is 2.69. The quantitative estimate of drug-likeness (QED) is 0.331. The van der Waals surface area contributed by atoms with Crippen molar-refractivity contribution in [3.05, 3.63) is 36.4 Å². The molecule has 0 aliphatic rings.